The Morgan fingerprint density at radius 2 is 1.81 bits per heavy atom. The molecule has 0 aliphatic carbocycles. The van der Waals surface area contributed by atoms with Gasteiger partial charge in [0.15, 0.2) is 5.82 Å². The number of carbonyl (C=O) groups excluding carboxylic acids is 1. The first-order valence-corrected chi connectivity index (χ1v) is 13.8. The van der Waals surface area contributed by atoms with Gasteiger partial charge in [-0.15, -0.1) is 0 Å². The minimum absolute atomic E-state index is 0.263. The molecule has 0 spiro atoms. The molecule has 10 nitrogen and oxygen atoms in total. The number of carbonyl (C=O) groups is 1. The number of likely N-dealkylation sites (N-methyl/N-ethyl adjacent to an activating group) is 1. The first kappa shape index (κ1) is 29.2. The molecule has 42 heavy (non-hydrogen) atoms. The van der Waals surface area contributed by atoms with Crippen molar-refractivity contribution >= 4 is 39.9 Å². The van der Waals surface area contributed by atoms with Crippen LogP contribution in [0.4, 0.5) is 20.6 Å². The van der Waals surface area contributed by atoms with Crippen LogP contribution in [0.15, 0.2) is 65.5 Å². The van der Waals surface area contributed by atoms with Gasteiger partial charge in [0.25, 0.3) is 5.56 Å². The summed E-state index contributed by atoms with van der Waals surface area (Å²) in [6.45, 7) is 4.43. The van der Waals surface area contributed by atoms with Crippen LogP contribution in [-0.4, -0.2) is 68.0 Å². The normalized spacial score (nSPS) is 14.5. The maximum absolute atomic E-state index is 14.0. The molecule has 5 rings (SSSR count). The van der Waals surface area contributed by atoms with Gasteiger partial charge >= 0.3 is 6.03 Å². The zero-order valence-corrected chi connectivity index (χ0v) is 24.6. The van der Waals surface area contributed by atoms with E-state index in [1.54, 1.807) is 54.1 Å². The second-order valence-electron chi connectivity index (χ2n) is 10.0. The standard InChI is InChI=1S/C30H32ClFN6O4/c1-19(28-34-25-16-20(31)8-10-24(25)29(39)38(28)36-14-12-35(2)13-15-36)37(26-11-9-23(41-3)18-27(26)42-4)30(40)33-22-7-5-6-21(32)17-22/h5-11,16-19H,12-15H2,1-4H3,(H,33,40). The zero-order valence-electron chi connectivity index (χ0n) is 23.8. The van der Waals surface area contributed by atoms with E-state index in [4.69, 9.17) is 26.1 Å². The molecule has 0 bridgehead atoms. The highest BCUT2D eigenvalue weighted by atomic mass is 35.5. The summed E-state index contributed by atoms with van der Waals surface area (Å²) in [7, 11) is 5.05. The molecule has 4 aromatic rings. The van der Waals surface area contributed by atoms with Gasteiger partial charge in [-0.1, -0.05) is 17.7 Å². The number of hydrogen-bond acceptors (Lipinski definition) is 7. The number of amides is 2. The smallest absolute Gasteiger partial charge is 0.327 e. The fraction of sp³-hybridized carbons (Fsp3) is 0.300. The van der Waals surface area contributed by atoms with Gasteiger partial charge < -0.3 is 24.7 Å². The van der Waals surface area contributed by atoms with Gasteiger partial charge in [-0.05, 0) is 62.5 Å². The fourth-order valence-electron chi connectivity index (χ4n) is 5.05. The number of hydrogen-bond donors (Lipinski definition) is 1. The first-order chi connectivity index (χ1) is 20.2. The maximum atomic E-state index is 14.0. The highest BCUT2D eigenvalue weighted by Crippen LogP contribution is 2.37. The molecule has 1 aliphatic heterocycles. The number of benzene rings is 3. The molecule has 220 valence electrons. The molecule has 1 aliphatic rings. The van der Waals surface area contributed by atoms with Gasteiger partial charge in [0.1, 0.15) is 17.3 Å². The summed E-state index contributed by atoms with van der Waals surface area (Å²) < 4.78 is 26.6. The summed E-state index contributed by atoms with van der Waals surface area (Å²) in [6.07, 6.45) is 0. The number of fused-ring (bicyclic) bond motifs is 1. The quantitative estimate of drug-likeness (QED) is 0.326. The van der Waals surface area contributed by atoms with E-state index < -0.39 is 17.9 Å². The van der Waals surface area contributed by atoms with Crippen molar-refractivity contribution in [1.29, 1.82) is 0 Å². The van der Waals surface area contributed by atoms with Gasteiger partial charge in [-0.25, -0.2) is 18.8 Å². The largest absolute Gasteiger partial charge is 0.497 e. The van der Waals surface area contributed by atoms with E-state index in [0.717, 1.165) is 13.1 Å². The van der Waals surface area contributed by atoms with Crippen molar-refractivity contribution < 1.29 is 18.7 Å². The van der Waals surface area contributed by atoms with Gasteiger partial charge in [0.05, 0.1) is 36.9 Å². The molecule has 0 radical (unpaired) electrons. The fourth-order valence-corrected chi connectivity index (χ4v) is 5.22. The lowest BCUT2D eigenvalue weighted by Crippen LogP contribution is -2.55. The average Bonchev–Trinajstić information content (AvgIpc) is 2.97. The van der Waals surface area contributed by atoms with Gasteiger partial charge in [0.2, 0.25) is 0 Å². The second kappa shape index (κ2) is 12.3. The van der Waals surface area contributed by atoms with Crippen LogP contribution in [0.5, 0.6) is 11.5 Å². The topological polar surface area (TPSA) is 92.2 Å². The highest BCUT2D eigenvalue weighted by molar-refractivity contribution is 6.31. The Balaban J connectivity index is 1.70. The van der Waals surface area contributed by atoms with Crippen molar-refractivity contribution in [2.24, 2.45) is 0 Å². The number of nitrogens with zero attached hydrogens (tertiary/aromatic N) is 5. The Labute approximate surface area is 247 Å². The molecular formula is C30H32ClFN6O4. The number of methoxy groups -OCH3 is 2. The molecule has 1 N–H and O–H groups in total. The summed E-state index contributed by atoms with van der Waals surface area (Å²) in [5.74, 6) is 0.715. The summed E-state index contributed by atoms with van der Waals surface area (Å²) in [5.41, 5.74) is 0.798. The van der Waals surface area contributed by atoms with Crippen molar-refractivity contribution in [3.63, 3.8) is 0 Å². The molecule has 0 saturated carbocycles. The summed E-state index contributed by atoms with van der Waals surface area (Å²) in [6, 6.07) is 14.2. The van der Waals surface area contributed by atoms with E-state index >= 15 is 0 Å². The van der Waals surface area contributed by atoms with Crippen molar-refractivity contribution in [2.45, 2.75) is 13.0 Å². The lowest BCUT2D eigenvalue weighted by molar-refractivity contribution is 0.253. The molecule has 1 fully saturated rings. The third-order valence-electron chi connectivity index (χ3n) is 7.30. The predicted octanol–water partition coefficient (Wildman–Crippen LogP) is 4.89. The van der Waals surface area contributed by atoms with Gasteiger partial charge in [-0.3, -0.25) is 9.69 Å². The molecule has 1 unspecified atom stereocenters. The summed E-state index contributed by atoms with van der Waals surface area (Å²) >= 11 is 6.29. The lowest BCUT2D eigenvalue weighted by atomic mass is 10.1. The predicted molar refractivity (Wildman–Crippen MR) is 162 cm³/mol. The van der Waals surface area contributed by atoms with E-state index in [9.17, 15) is 14.0 Å². The Morgan fingerprint density at radius 3 is 2.50 bits per heavy atom. The number of halogens is 2. The van der Waals surface area contributed by atoms with E-state index in [1.165, 1.54) is 37.3 Å². The Bertz CT molecular complexity index is 1670. The van der Waals surface area contributed by atoms with Crippen LogP contribution in [0.3, 0.4) is 0 Å². The third kappa shape index (κ3) is 5.83. The van der Waals surface area contributed by atoms with Crippen molar-refractivity contribution in [3.8, 4) is 11.5 Å². The molecule has 1 aromatic heterocycles. The van der Waals surface area contributed by atoms with Crippen LogP contribution in [0.2, 0.25) is 5.02 Å². The van der Waals surface area contributed by atoms with Gasteiger partial charge in [-0.2, -0.15) is 0 Å². The number of ether oxygens (including phenoxy) is 2. The van der Waals surface area contributed by atoms with Crippen LogP contribution >= 0.6 is 11.6 Å². The molecule has 1 saturated heterocycles. The minimum Gasteiger partial charge on any atom is -0.497 e. The number of rotatable bonds is 7. The average molecular weight is 595 g/mol. The van der Waals surface area contributed by atoms with Crippen molar-refractivity contribution in [3.05, 3.63) is 87.7 Å². The number of piperazine rings is 1. The molecular weight excluding hydrogens is 563 g/mol. The number of aromatic nitrogens is 2. The lowest BCUT2D eigenvalue weighted by Gasteiger charge is -2.38. The molecule has 3 aromatic carbocycles. The second-order valence-corrected chi connectivity index (χ2v) is 10.5. The van der Waals surface area contributed by atoms with E-state index in [-0.39, 0.29) is 11.2 Å². The zero-order chi connectivity index (χ0) is 30.0. The van der Waals surface area contributed by atoms with E-state index in [0.29, 0.717) is 52.0 Å². The third-order valence-corrected chi connectivity index (χ3v) is 7.53. The Hall–Kier alpha value is -4.35. The van der Waals surface area contributed by atoms with Crippen LogP contribution in [0, 0.1) is 5.82 Å². The molecule has 2 heterocycles. The number of nitrogens with one attached hydrogen (secondary N) is 1. The molecule has 12 heteroatoms. The van der Waals surface area contributed by atoms with Gasteiger partial charge in [0, 0.05) is 43.0 Å². The SMILES string of the molecule is COc1ccc(N(C(=O)Nc2cccc(F)c2)C(C)c2nc3cc(Cl)ccc3c(=O)n2N2CCN(C)CC2)c(OC)c1. The minimum atomic E-state index is -0.809. The maximum Gasteiger partial charge on any atom is 0.327 e. The van der Waals surface area contributed by atoms with E-state index in [1.807, 2.05) is 12.1 Å². The molecule has 1 atom stereocenters. The summed E-state index contributed by atoms with van der Waals surface area (Å²) in [5, 5.41) is 5.57. The van der Waals surface area contributed by atoms with Crippen LogP contribution in [-0.2, 0) is 0 Å². The van der Waals surface area contributed by atoms with Crippen LogP contribution in [0.1, 0.15) is 18.8 Å². The summed E-state index contributed by atoms with van der Waals surface area (Å²) in [4.78, 5) is 36.6. The molecule has 2 amide bonds. The Morgan fingerprint density at radius 1 is 1.05 bits per heavy atom. The number of urea groups is 1. The van der Waals surface area contributed by atoms with Crippen molar-refractivity contribution in [1.82, 2.24) is 14.6 Å². The van der Waals surface area contributed by atoms with Crippen LogP contribution < -0.4 is 30.3 Å². The number of anilines is 2. The monoisotopic (exact) mass is 594 g/mol. The van der Waals surface area contributed by atoms with Crippen LogP contribution in [0.25, 0.3) is 10.9 Å². The van der Waals surface area contributed by atoms with Crippen molar-refractivity contribution in [2.75, 3.05) is 62.7 Å². The Kier molecular flexibility index (Phi) is 8.51. The van der Waals surface area contributed by atoms with E-state index in [2.05, 4.69) is 10.2 Å². The first-order valence-electron chi connectivity index (χ1n) is 13.4. The highest BCUT2D eigenvalue weighted by Gasteiger charge is 2.32.